The van der Waals surface area contributed by atoms with E-state index in [1.165, 1.54) is 6.07 Å². The van der Waals surface area contributed by atoms with E-state index in [4.69, 9.17) is 9.47 Å². The Kier molecular flexibility index (Phi) is 12.2. The number of carbonyl (C=O) groups is 2. The van der Waals surface area contributed by atoms with Gasteiger partial charge in [0.1, 0.15) is 5.75 Å². The van der Waals surface area contributed by atoms with Gasteiger partial charge in [-0.2, -0.15) is 0 Å². The van der Waals surface area contributed by atoms with Crippen LogP contribution >= 0.6 is 0 Å². The van der Waals surface area contributed by atoms with Crippen LogP contribution in [-0.4, -0.2) is 93.0 Å². The smallest absolute Gasteiger partial charge is 0.258 e. The lowest BCUT2D eigenvalue weighted by atomic mass is 10.0. The summed E-state index contributed by atoms with van der Waals surface area (Å²) in [5.41, 5.74) is 1.38. The highest BCUT2D eigenvalue weighted by atomic mass is 32.2. The van der Waals surface area contributed by atoms with Crippen molar-refractivity contribution in [3.63, 3.8) is 0 Å². The van der Waals surface area contributed by atoms with E-state index >= 15 is 0 Å². The SMILES string of the molecule is C[C@@H]1CCCCO[C@@H](CN(C)C(=O)Cc2ccccc2)[C@H](C)CN([C@@H](C)CO)C(=O)c2cc(NS(C)(=O)=O)ccc2O1. The molecule has 2 amide bonds. The molecule has 3 rings (SSSR count). The average Bonchev–Trinajstić information content (AvgIpc) is 2.94. The number of carbonyl (C=O) groups excluding carboxylic acids is 2. The molecule has 2 aromatic rings. The van der Waals surface area contributed by atoms with Crippen LogP contribution in [0.4, 0.5) is 5.69 Å². The van der Waals surface area contributed by atoms with E-state index < -0.39 is 22.0 Å². The van der Waals surface area contributed by atoms with Gasteiger partial charge >= 0.3 is 0 Å². The molecule has 0 aromatic heterocycles. The van der Waals surface area contributed by atoms with Crippen LogP contribution in [0.25, 0.3) is 0 Å². The maximum Gasteiger partial charge on any atom is 0.258 e. The van der Waals surface area contributed by atoms with Crippen molar-refractivity contribution < 1.29 is 32.6 Å². The van der Waals surface area contributed by atoms with E-state index in [-0.39, 0.29) is 54.9 Å². The van der Waals surface area contributed by atoms with Gasteiger partial charge in [0.25, 0.3) is 5.91 Å². The molecule has 0 fully saturated rings. The lowest BCUT2D eigenvalue weighted by Crippen LogP contribution is -2.48. The second-order valence-electron chi connectivity index (χ2n) is 11.3. The lowest BCUT2D eigenvalue weighted by Gasteiger charge is -2.36. The van der Waals surface area contributed by atoms with Gasteiger partial charge in [0.05, 0.1) is 43.1 Å². The first kappa shape index (κ1) is 33.4. The minimum atomic E-state index is -3.57. The minimum Gasteiger partial charge on any atom is -0.490 e. The molecule has 0 radical (unpaired) electrons. The number of nitrogens with zero attached hydrogens (tertiary/aromatic N) is 2. The highest BCUT2D eigenvalue weighted by molar-refractivity contribution is 7.92. The van der Waals surface area contributed by atoms with Crippen LogP contribution < -0.4 is 9.46 Å². The molecule has 0 unspecified atom stereocenters. The molecule has 0 bridgehead atoms. The van der Waals surface area contributed by atoms with Gasteiger partial charge in [-0.3, -0.25) is 14.3 Å². The van der Waals surface area contributed by atoms with Crippen molar-refractivity contribution in [2.24, 2.45) is 5.92 Å². The topological polar surface area (TPSA) is 125 Å². The predicted molar refractivity (Wildman–Crippen MR) is 163 cm³/mol. The standard InChI is InChI=1S/C31H45N3O7S/c1-22-19-34(23(2)21-35)31(37)27-18-26(32-42(5,38)39)14-15-28(27)41-24(3)11-9-10-16-40-29(22)20-33(4)30(36)17-25-12-7-6-8-13-25/h6-8,12-15,18,22-24,29,32,35H,9-11,16-17,19-21H2,1-5H3/t22-,23+,24-,29+/m1/s1. The molecule has 1 heterocycles. The summed E-state index contributed by atoms with van der Waals surface area (Å²) in [5, 5.41) is 10.1. The van der Waals surface area contributed by atoms with Crippen molar-refractivity contribution >= 4 is 27.5 Å². The van der Waals surface area contributed by atoms with E-state index in [0.29, 0.717) is 18.9 Å². The van der Waals surface area contributed by atoms with E-state index in [9.17, 15) is 23.1 Å². The Morgan fingerprint density at radius 2 is 1.88 bits per heavy atom. The number of hydrogen-bond acceptors (Lipinski definition) is 7. The quantitative estimate of drug-likeness (QED) is 0.473. The van der Waals surface area contributed by atoms with Gasteiger partial charge in [0, 0.05) is 38.3 Å². The number of rotatable bonds is 8. The maximum absolute atomic E-state index is 14.1. The Hall–Kier alpha value is -3.15. The number of aliphatic hydroxyl groups excluding tert-OH is 1. The Bertz CT molecular complexity index is 1290. The molecule has 1 aliphatic heterocycles. The van der Waals surface area contributed by atoms with Gasteiger partial charge in [-0.15, -0.1) is 0 Å². The van der Waals surface area contributed by atoms with Crippen molar-refractivity contribution in [1.82, 2.24) is 9.80 Å². The van der Waals surface area contributed by atoms with Gasteiger partial charge in [0.15, 0.2) is 0 Å². The molecule has 2 aromatic carbocycles. The normalized spacial score (nSPS) is 21.4. The van der Waals surface area contributed by atoms with Crippen molar-refractivity contribution in [1.29, 1.82) is 0 Å². The summed E-state index contributed by atoms with van der Waals surface area (Å²) in [7, 11) is -1.81. The fraction of sp³-hybridized carbons (Fsp3) is 0.548. The number of hydrogen-bond donors (Lipinski definition) is 2. The third-order valence-corrected chi connectivity index (χ3v) is 8.04. The fourth-order valence-corrected chi connectivity index (χ4v) is 5.50. The van der Waals surface area contributed by atoms with Crippen LogP contribution in [0.2, 0.25) is 0 Å². The summed E-state index contributed by atoms with van der Waals surface area (Å²) in [6.07, 6.45) is 3.14. The first-order valence-corrected chi connectivity index (χ1v) is 16.4. The maximum atomic E-state index is 14.1. The van der Waals surface area contributed by atoms with Crippen LogP contribution in [0, 0.1) is 5.92 Å². The number of benzene rings is 2. The zero-order valence-electron chi connectivity index (χ0n) is 25.3. The summed E-state index contributed by atoms with van der Waals surface area (Å²) in [6, 6.07) is 13.7. The molecule has 232 valence electrons. The van der Waals surface area contributed by atoms with Crippen LogP contribution in [0.3, 0.4) is 0 Å². The number of likely N-dealkylation sites (N-methyl/N-ethyl adjacent to an activating group) is 1. The highest BCUT2D eigenvalue weighted by Crippen LogP contribution is 2.29. The van der Waals surface area contributed by atoms with Gasteiger partial charge in [-0.1, -0.05) is 37.3 Å². The minimum absolute atomic E-state index is 0.0288. The number of fused-ring (bicyclic) bond motifs is 1. The van der Waals surface area contributed by atoms with Crippen LogP contribution in [-0.2, 0) is 26.0 Å². The lowest BCUT2D eigenvalue weighted by molar-refractivity contribution is -0.131. The van der Waals surface area contributed by atoms with E-state index in [1.807, 2.05) is 44.2 Å². The Balaban J connectivity index is 1.91. The molecular formula is C31H45N3O7S. The third kappa shape index (κ3) is 9.99. The van der Waals surface area contributed by atoms with Crippen LogP contribution in [0.15, 0.2) is 48.5 Å². The summed E-state index contributed by atoms with van der Waals surface area (Å²) >= 11 is 0. The molecular weight excluding hydrogens is 558 g/mol. The van der Waals surface area contributed by atoms with Crippen LogP contribution in [0.5, 0.6) is 5.75 Å². The molecule has 0 aliphatic carbocycles. The van der Waals surface area contributed by atoms with E-state index in [2.05, 4.69) is 4.72 Å². The molecule has 0 saturated carbocycles. The second kappa shape index (κ2) is 15.4. The number of aliphatic hydroxyl groups is 1. The number of anilines is 1. The average molecular weight is 604 g/mol. The molecule has 2 N–H and O–H groups in total. The monoisotopic (exact) mass is 603 g/mol. The predicted octanol–water partition coefficient (Wildman–Crippen LogP) is 3.55. The van der Waals surface area contributed by atoms with Crippen LogP contribution in [0.1, 0.15) is 56.0 Å². The molecule has 1 aliphatic rings. The van der Waals surface area contributed by atoms with Crippen molar-refractivity contribution in [2.45, 2.75) is 64.7 Å². The zero-order chi connectivity index (χ0) is 30.9. The molecule has 42 heavy (non-hydrogen) atoms. The Labute approximate surface area is 250 Å². The first-order chi connectivity index (χ1) is 19.9. The Morgan fingerprint density at radius 3 is 2.55 bits per heavy atom. The summed E-state index contributed by atoms with van der Waals surface area (Å²) < 4.78 is 38.7. The fourth-order valence-electron chi connectivity index (χ4n) is 4.94. The van der Waals surface area contributed by atoms with E-state index in [1.54, 1.807) is 35.9 Å². The van der Waals surface area contributed by atoms with Gasteiger partial charge in [-0.05, 0) is 56.9 Å². The van der Waals surface area contributed by atoms with Crippen molar-refractivity contribution in [3.8, 4) is 5.75 Å². The van der Waals surface area contributed by atoms with Gasteiger partial charge in [-0.25, -0.2) is 8.42 Å². The first-order valence-electron chi connectivity index (χ1n) is 14.5. The summed E-state index contributed by atoms with van der Waals surface area (Å²) in [5.74, 6) is -0.269. The number of nitrogens with one attached hydrogen (secondary N) is 1. The van der Waals surface area contributed by atoms with Gasteiger partial charge in [0.2, 0.25) is 15.9 Å². The highest BCUT2D eigenvalue weighted by Gasteiger charge is 2.31. The van der Waals surface area contributed by atoms with E-state index in [0.717, 1.165) is 31.1 Å². The zero-order valence-corrected chi connectivity index (χ0v) is 26.1. The van der Waals surface area contributed by atoms with Crippen molar-refractivity contribution in [3.05, 3.63) is 59.7 Å². The second-order valence-corrected chi connectivity index (χ2v) is 13.1. The number of amides is 2. The molecule has 11 heteroatoms. The third-order valence-electron chi connectivity index (χ3n) is 7.43. The molecule has 0 spiro atoms. The summed E-state index contributed by atoms with van der Waals surface area (Å²) in [6.45, 7) is 6.47. The Morgan fingerprint density at radius 1 is 1.17 bits per heavy atom. The number of ether oxygens (including phenoxy) is 2. The number of sulfonamides is 1. The molecule has 4 atom stereocenters. The van der Waals surface area contributed by atoms with Crippen molar-refractivity contribution in [2.75, 3.05) is 44.3 Å². The molecule has 0 saturated heterocycles. The largest absolute Gasteiger partial charge is 0.490 e. The summed E-state index contributed by atoms with van der Waals surface area (Å²) in [4.78, 5) is 30.3. The van der Waals surface area contributed by atoms with Gasteiger partial charge < -0.3 is 24.4 Å². The molecule has 10 nitrogen and oxygen atoms in total.